The van der Waals surface area contributed by atoms with Crippen LogP contribution in [-0.4, -0.2) is 25.6 Å². The molecule has 1 aliphatic rings. The van der Waals surface area contributed by atoms with E-state index >= 15 is 0 Å². The monoisotopic (exact) mass is 415 g/mol. The van der Waals surface area contributed by atoms with Crippen LogP contribution in [0.1, 0.15) is 24.5 Å². The Bertz CT molecular complexity index is 889. The molecule has 1 heterocycles. The largest absolute Gasteiger partial charge is 0.493 e. The van der Waals surface area contributed by atoms with E-state index < -0.39 is 5.97 Å². The topological polar surface area (TPSA) is 57.1 Å². The summed E-state index contributed by atoms with van der Waals surface area (Å²) < 4.78 is 17.1. The van der Waals surface area contributed by atoms with Gasteiger partial charge in [-0.05, 0) is 58.3 Å². The fourth-order valence-corrected chi connectivity index (χ4v) is 2.88. The Hall–Kier alpha value is -2.60. The van der Waals surface area contributed by atoms with E-state index in [1.54, 1.807) is 19.3 Å². The van der Waals surface area contributed by atoms with Crippen LogP contribution in [0.15, 0.2) is 57.6 Å². The number of carbonyl (C=O) groups is 1. The molecule has 134 valence electrons. The molecular weight excluding hydrogens is 398 g/mol. The molecule has 2 aromatic carbocycles. The van der Waals surface area contributed by atoms with Gasteiger partial charge in [-0.3, -0.25) is 0 Å². The van der Waals surface area contributed by atoms with E-state index in [1.807, 2.05) is 43.3 Å². The van der Waals surface area contributed by atoms with Crippen molar-refractivity contribution in [3.63, 3.8) is 0 Å². The second kappa shape index (κ2) is 8.19. The number of esters is 1. The maximum atomic E-state index is 12.2. The lowest BCUT2D eigenvalue weighted by molar-refractivity contribution is -0.129. The van der Waals surface area contributed by atoms with Gasteiger partial charge in [0.05, 0.1) is 19.3 Å². The molecule has 6 heteroatoms. The zero-order chi connectivity index (χ0) is 18.5. The fourth-order valence-electron chi connectivity index (χ4n) is 2.42. The minimum absolute atomic E-state index is 0.238. The van der Waals surface area contributed by atoms with E-state index in [2.05, 4.69) is 20.9 Å². The molecule has 26 heavy (non-hydrogen) atoms. The van der Waals surface area contributed by atoms with Crippen LogP contribution in [0.3, 0.4) is 0 Å². The molecule has 0 N–H and O–H groups in total. The van der Waals surface area contributed by atoms with Gasteiger partial charge in [0.15, 0.2) is 17.2 Å². The smallest absolute Gasteiger partial charge is 0.363 e. The Labute approximate surface area is 160 Å². The number of ether oxygens (including phenoxy) is 3. The average Bonchev–Trinajstić information content (AvgIpc) is 3.00. The molecule has 0 aliphatic carbocycles. The summed E-state index contributed by atoms with van der Waals surface area (Å²) in [5.41, 5.74) is 1.74. The van der Waals surface area contributed by atoms with Crippen molar-refractivity contribution in [2.75, 3.05) is 13.7 Å². The number of nitrogens with zero attached hydrogens (tertiary/aromatic N) is 1. The van der Waals surface area contributed by atoms with Crippen molar-refractivity contribution >= 4 is 33.9 Å². The number of hydrogen-bond acceptors (Lipinski definition) is 5. The lowest BCUT2D eigenvalue weighted by Crippen LogP contribution is -2.05. The number of halogens is 1. The van der Waals surface area contributed by atoms with Crippen molar-refractivity contribution in [2.45, 2.75) is 13.3 Å². The molecule has 0 atom stereocenters. The number of carbonyl (C=O) groups excluding carboxylic acids is 1. The van der Waals surface area contributed by atoms with Crippen LogP contribution in [-0.2, 0) is 9.53 Å². The standard InChI is InChI=1S/C20H18BrNO4/c1-3-10-25-18-12-13(8-9-17(18)24-2)11-16-20(23)26-19(22-16)14-6-4-5-7-15(14)21/h4-9,11-12H,3,10H2,1-2H3. The summed E-state index contributed by atoms with van der Waals surface area (Å²) in [6.07, 6.45) is 2.56. The van der Waals surface area contributed by atoms with Gasteiger partial charge in [-0.25, -0.2) is 9.79 Å². The van der Waals surface area contributed by atoms with Gasteiger partial charge in [-0.1, -0.05) is 25.1 Å². The molecule has 0 spiro atoms. The second-order valence-electron chi connectivity index (χ2n) is 5.57. The molecule has 0 saturated heterocycles. The highest BCUT2D eigenvalue weighted by Crippen LogP contribution is 2.30. The lowest BCUT2D eigenvalue weighted by Gasteiger charge is -2.10. The highest BCUT2D eigenvalue weighted by atomic mass is 79.9. The maximum absolute atomic E-state index is 12.2. The molecule has 0 radical (unpaired) electrons. The van der Waals surface area contributed by atoms with Crippen LogP contribution in [0.25, 0.3) is 6.08 Å². The molecule has 5 nitrogen and oxygen atoms in total. The number of benzene rings is 2. The third-order valence-electron chi connectivity index (χ3n) is 3.68. The van der Waals surface area contributed by atoms with Crippen LogP contribution in [0.2, 0.25) is 0 Å². The van der Waals surface area contributed by atoms with E-state index in [0.29, 0.717) is 18.1 Å². The van der Waals surface area contributed by atoms with Crippen molar-refractivity contribution in [3.8, 4) is 11.5 Å². The third-order valence-corrected chi connectivity index (χ3v) is 4.37. The summed E-state index contributed by atoms with van der Waals surface area (Å²) in [6, 6.07) is 12.9. The Balaban J connectivity index is 1.92. The van der Waals surface area contributed by atoms with Crippen LogP contribution in [0.5, 0.6) is 11.5 Å². The van der Waals surface area contributed by atoms with Crippen molar-refractivity contribution in [2.24, 2.45) is 4.99 Å². The van der Waals surface area contributed by atoms with Gasteiger partial charge in [0.2, 0.25) is 5.90 Å². The van der Waals surface area contributed by atoms with Gasteiger partial charge in [-0.2, -0.15) is 0 Å². The highest BCUT2D eigenvalue weighted by Gasteiger charge is 2.25. The quantitative estimate of drug-likeness (QED) is 0.511. The maximum Gasteiger partial charge on any atom is 0.363 e. The molecular formula is C20H18BrNO4. The number of hydrogen-bond donors (Lipinski definition) is 0. The van der Waals surface area contributed by atoms with Crippen LogP contribution < -0.4 is 9.47 Å². The van der Waals surface area contributed by atoms with E-state index in [1.165, 1.54) is 0 Å². The number of cyclic esters (lactones) is 1. The van der Waals surface area contributed by atoms with E-state index in [4.69, 9.17) is 14.2 Å². The molecule has 1 aliphatic heterocycles. The first-order valence-electron chi connectivity index (χ1n) is 8.20. The van der Waals surface area contributed by atoms with Crippen LogP contribution >= 0.6 is 15.9 Å². The van der Waals surface area contributed by atoms with Gasteiger partial charge in [0, 0.05) is 4.47 Å². The minimum Gasteiger partial charge on any atom is -0.493 e. The lowest BCUT2D eigenvalue weighted by atomic mass is 10.1. The Morgan fingerprint density at radius 2 is 2.00 bits per heavy atom. The Morgan fingerprint density at radius 3 is 2.73 bits per heavy atom. The van der Waals surface area contributed by atoms with Crippen molar-refractivity contribution in [1.82, 2.24) is 0 Å². The predicted molar refractivity (Wildman–Crippen MR) is 104 cm³/mol. The Morgan fingerprint density at radius 1 is 1.19 bits per heavy atom. The van der Waals surface area contributed by atoms with Gasteiger partial charge < -0.3 is 14.2 Å². The van der Waals surface area contributed by atoms with Gasteiger partial charge in [0.1, 0.15) is 0 Å². The number of aliphatic imine (C=N–C) groups is 1. The Kier molecular flexibility index (Phi) is 5.73. The average molecular weight is 416 g/mol. The van der Waals surface area contributed by atoms with Gasteiger partial charge in [0.25, 0.3) is 0 Å². The second-order valence-corrected chi connectivity index (χ2v) is 6.43. The van der Waals surface area contributed by atoms with Crippen molar-refractivity contribution in [3.05, 3.63) is 63.8 Å². The molecule has 0 saturated carbocycles. The third kappa shape index (κ3) is 3.96. The zero-order valence-corrected chi connectivity index (χ0v) is 16.1. The van der Waals surface area contributed by atoms with Crippen molar-refractivity contribution in [1.29, 1.82) is 0 Å². The summed E-state index contributed by atoms with van der Waals surface area (Å²) in [4.78, 5) is 16.5. The normalized spacial score (nSPS) is 15.0. The molecule has 0 unspecified atom stereocenters. The van der Waals surface area contributed by atoms with E-state index in [9.17, 15) is 4.79 Å². The summed E-state index contributed by atoms with van der Waals surface area (Å²) in [5.74, 6) is 1.07. The summed E-state index contributed by atoms with van der Waals surface area (Å²) in [6.45, 7) is 2.62. The van der Waals surface area contributed by atoms with Gasteiger partial charge >= 0.3 is 5.97 Å². The number of methoxy groups -OCH3 is 1. The molecule has 0 fully saturated rings. The van der Waals surface area contributed by atoms with Crippen LogP contribution in [0, 0.1) is 0 Å². The SMILES string of the molecule is CCCOc1cc(C=C2N=C(c3ccccc3Br)OC2=O)ccc1OC. The fraction of sp³-hybridized carbons (Fsp3) is 0.200. The summed E-state index contributed by atoms with van der Waals surface area (Å²) in [5, 5.41) is 0. The van der Waals surface area contributed by atoms with E-state index in [0.717, 1.165) is 22.0 Å². The molecule has 2 aromatic rings. The molecule has 0 bridgehead atoms. The molecule has 0 aromatic heterocycles. The van der Waals surface area contributed by atoms with E-state index in [-0.39, 0.29) is 11.6 Å². The molecule has 0 amide bonds. The first kappa shape index (κ1) is 18.2. The summed E-state index contributed by atoms with van der Waals surface area (Å²) >= 11 is 3.44. The minimum atomic E-state index is -0.484. The highest BCUT2D eigenvalue weighted by molar-refractivity contribution is 9.10. The zero-order valence-electron chi connectivity index (χ0n) is 14.5. The molecule has 3 rings (SSSR count). The first-order valence-corrected chi connectivity index (χ1v) is 9.00. The summed E-state index contributed by atoms with van der Waals surface area (Å²) in [7, 11) is 1.59. The number of rotatable bonds is 6. The predicted octanol–water partition coefficient (Wildman–Crippen LogP) is 4.59. The van der Waals surface area contributed by atoms with Crippen LogP contribution in [0.4, 0.5) is 0 Å². The van der Waals surface area contributed by atoms with Crippen molar-refractivity contribution < 1.29 is 19.0 Å². The van der Waals surface area contributed by atoms with Gasteiger partial charge in [-0.15, -0.1) is 0 Å². The first-order chi connectivity index (χ1) is 12.6.